The van der Waals surface area contributed by atoms with Crippen molar-refractivity contribution in [2.75, 3.05) is 0 Å². The lowest BCUT2D eigenvalue weighted by Crippen LogP contribution is -2.03. The van der Waals surface area contributed by atoms with E-state index in [-0.39, 0.29) is 17.5 Å². The number of rotatable bonds is 5. The van der Waals surface area contributed by atoms with Crippen molar-refractivity contribution in [3.63, 3.8) is 0 Å². The van der Waals surface area contributed by atoms with Crippen LogP contribution < -0.4 is 0 Å². The Morgan fingerprint density at radius 1 is 1.11 bits per heavy atom. The van der Waals surface area contributed by atoms with Gasteiger partial charge >= 0.3 is 5.97 Å². The van der Waals surface area contributed by atoms with E-state index in [9.17, 15) is 9.18 Å². The lowest BCUT2D eigenvalue weighted by atomic mass is 10.1. The number of carboxylic acids is 1. The molecule has 0 radical (unpaired) electrons. The summed E-state index contributed by atoms with van der Waals surface area (Å²) in [6.45, 7) is 0. The smallest absolute Gasteiger partial charge is 0.304 e. The van der Waals surface area contributed by atoms with Gasteiger partial charge in [0.1, 0.15) is 5.82 Å². The number of benzene rings is 2. The lowest BCUT2D eigenvalue weighted by molar-refractivity contribution is -0.137. The Labute approximate surface area is 115 Å². The van der Waals surface area contributed by atoms with Crippen LogP contribution in [0.2, 0.25) is 0 Å². The second kappa shape index (κ2) is 6.38. The molecule has 0 aliphatic carbocycles. The van der Waals surface area contributed by atoms with Crippen molar-refractivity contribution in [2.45, 2.75) is 16.6 Å². The molecule has 0 amide bonds. The number of halogens is 1. The summed E-state index contributed by atoms with van der Waals surface area (Å²) in [5, 5.41) is 8.77. The molecule has 0 heterocycles. The third kappa shape index (κ3) is 4.10. The first-order valence-electron chi connectivity index (χ1n) is 5.84. The molecule has 2 aromatic rings. The molecule has 0 saturated heterocycles. The minimum Gasteiger partial charge on any atom is -0.481 e. The van der Waals surface area contributed by atoms with E-state index in [1.807, 2.05) is 30.3 Å². The first kappa shape index (κ1) is 13.6. The zero-order chi connectivity index (χ0) is 13.7. The number of aliphatic carboxylic acids is 1. The van der Waals surface area contributed by atoms with E-state index in [0.717, 1.165) is 10.5 Å². The summed E-state index contributed by atoms with van der Waals surface area (Å²) in [7, 11) is 0. The quantitative estimate of drug-likeness (QED) is 0.834. The van der Waals surface area contributed by atoms with Crippen molar-refractivity contribution in [1.82, 2.24) is 0 Å². The Balaban J connectivity index is 2.20. The van der Waals surface area contributed by atoms with Crippen LogP contribution >= 0.6 is 11.8 Å². The van der Waals surface area contributed by atoms with E-state index in [4.69, 9.17) is 5.11 Å². The average Bonchev–Trinajstić information content (AvgIpc) is 2.39. The standard InChI is InChI=1S/C15H13FO2S/c16-12-8-6-11(7-9-12)14(10-15(17)18)19-13-4-2-1-3-5-13/h1-9,14H,10H2,(H,17,18). The molecule has 2 aromatic carbocycles. The van der Waals surface area contributed by atoms with Crippen LogP contribution in [-0.2, 0) is 4.79 Å². The molecule has 98 valence electrons. The maximum absolute atomic E-state index is 12.9. The van der Waals surface area contributed by atoms with Crippen LogP contribution in [0.5, 0.6) is 0 Å². The molecule has 1 atom stereocenters. The van der Waals surface area contributed by atoms with Crippen LogP contribution in [0.1, 0.15) is 17.2 Å². The van der Waals surface area contributed by atoms with Gasteiger partial charge in [-0.05, 0) is 29.8 Å². The Hall–Kier alpha value is -1.81. The van der Waals surface area contributed by atoms with E-state index in [1.54, 1.807) is 12.1 Å². The highest BCUT2D eigenvalue weighted by Gasteiger charge is 2.17. The van der Waals surface area contributed by atoms with Crippen molar-refractivity contribution in [2.24, 2.45) is 0 Å². The zero-order valence-electron chi connectivity index (χ0n) is 10.1. The largest absolute Gasteiger partial charge is 0.481 e. The Kier molecular flexibility index (Phi) is 4.58. The van der Waals surface area contributed by atoms with Gasteiger partial charge in [0, 0.05) is 10.1 Å². The van der Waals surface area contributed by atoms with Gasteiger partial charge in [-0.1, -0.05) is 30.3 Å². The maximum Gasteiger partial charge on any atom is 0.304 e. The van der Waals surface area contributed by atoms with Crippen LogP contribution in [0.15, 0.2) is 59.5 Å². The van der Waals surface area contributed by atoms with E-state index in [1.165, 1.54) is 23.9 Å². The van der Waals surface area contributed by atoms with Gasteiger partial charge in [-0.3, -0.25) is 4.79 Å². The molecule has 1 N–H and O–H groups in total. The Morgan fingerprint density at radius 3 is 2.32 bits per heavy atom. The summed E-state index contributed by atoms with van der Waals surface area (Å²) in [5.74, 6) is -1.18. The van der Waals surface area contributed by atoms with Gasteiger partial charge in [-0.15, -0.1) is 11.8 Å². The van der Waals surface area contributed by atoms with Crippen LogP contribution in [0, 0.1) is 5.82 Å². The van der Waals surface area contributed by atoms with Gasteiger partial charge in [0.05, 0.1) is 6.42 Å². The predicted octanol–water partition coefficient (Wildman–Crippen LogP) is 4.13. The van der Waals surface area contributed by atoms with Gasteiger partial charge in [-0.25, -0.2) is 4.39 Å². The van der Waals surface area contributed by atoms with E-state index < -0.39 is 5.97 Å². The zero-order valence-corrected chi connectivity index (χ0v) is 10.9. The van der Waals surface area contributed by atoms with Crippen molar-refractivity contribution >= 4 is 17.7 Å². The first-order chi connectivity index (χ1) is 9.15. The molecular weight excluding hydrogens is 263 g/mol. The van der Waals surface area contributed by atoms with Crippen molar-refractivity contribution < 1.29 is 14.3 Å². The summed E-state index contributed by atoms with van der Waals surface area (Å²) in [4.78, 5) is 12.0. The highest BCUT2D eigenvalue weighted by molar-refractivity contribution is 7.99. The highest BCUT2D eigenvalue weighted by Crippen LogP contribution is 2.37. The molecule has 0 aliphatic rings. The third-order valence-corrected chi connectivity index (χ3v) is 3.89. The van der Waals surface area contributed by atoms with Crippen LogP contribution in [0.25, 0.3) is 0 Å². The van der Waals surface area contributed by atoms with Crippen molar-refractivity contribution in [1.29, 1.82) is 0 Å². The van der Waals surface area contributed by atoms with Gasteiger partial charge in [0.2, 0.25) is 0 Å². The number of carboxylic acid groups (broad SMARTS) is 1. The summed E-state index contributed by atoms with van der Waals surface area (Å²) in [5.41, 5.74) is 0.817. The van der Waals surface area contributed by atoms with Gasteiger partial charge in [0.15, 0.2) is 0 Å². The summed E-state index contributed by atoms with van der Waals surface area (Å²) in [6, 6.07) is 15.6. The number of hydrogen-bond acceptors (Lipinski definition) is 2. The fourth-order valence-electron chi connectivity index (χ4n) is 1.73. The molecule has 0 aliphatic heterocycles. The second-order valence-electron chi connectivity index (χ2n) is 4.07. The van der Waals surface area contributed by atoms with Gasteiger partial charge in [-0.2, -0.15) is 0 Å². The summed E-state index contributed by atoms with van der Waals surface area (Å²) >= 11 is 1.47. The molecule has 4 heteroatoms. The van der Waals surface area contributed by atoms with E-state index >= 15 is 0 Å². The number of carbonyl (C=O) groups is 1. The van der Waals surface area contributed by atoms with Crippen LogP contribution in [0.3, 0.4) is 0 Å². The van der Waals surface area contributed by atoms with Gasteiger partial charge in [0.25, 0.3) is 0 Å². The molecular formula is C15H13FO2S. The monoisotopic (exact) mass is 276 g/mol. The highest BCUT2D eigenvalue weighted by atomic mass is 32.2. The lowest BCUT2D eigenvalue weighted by Gasteiger charge is -2.15. The maximum atomic E-state index is 12.9. The van der Waals surface area contributed by atoms with E-state index in [2.05, 4.69) is 0 Å². The second-order valence-corrected chi connectivity index (χ2v) is 5.35. The van der Waals surface area contributed by atoms with Crippen LogP contribution in [-0.4, -0.2) is 11.1 Å². The number of hydrogen-bond donors (Lipinski definition) is 1. The molecule has 0 fully saturated rings. The topological polar surface area (TPSA) is 37.3 Å². The molecule has 2 rings (SSSR count). The Morgan fingerprint density at radius 2 is 1.74 bits per heavy atom. The first-order valence-corrected chi connectivity index (χ1v) is 6.72. The summed E-state index contributed by atoms with van der Waals surface area (Å²) in [6.07, 6.45) is 0.00515. The number of thioether (sulfide) groups is 1. The fraction of sp³-hybridized carbons (Fsp3) is 0.133. The average molecular weight is 276 g/mol. The fourth-order valence-corrected chi connectivity index (χ4v) is 2.89. The molecule has 2 nitrogen and oxygen atoms in total. The predicted molar refractivity (Wildman–Crippen MR) is 73.7 cm³/mol. The minimum absolute atomic E-state index is 0.00515. The van der Waals surface area contributed by atoms with Crippen molar-refractivity contribution in [3.05, 3.63) is 66.0 Å². The summed E-state index contributed by atoms with van der Waals surface area (Å²) < 4.78 is 12.9. The SMILES string of the molecule is O=C(O)CC(Sc1ccccc1)c1ccc(F)cc1. The molecule has 19 heavy (non-hydrogen) atoms. The minimum atomic E-state index is -0.863. The normalized spacial score (nSPS) is 12.1. The molecule has 0 spiro atoms. The van der Waals surface area contributed by atoms with Crippen molar-refractivity contribution in [3.8, 4) is 0 Å². The Bertz CT molecular complexity index is 540. The van der Waals surface area contributed by atoms with Gasteiger partial charge < -0.3 is 5.11 Å². The molecule has 1 unspecified atom stereocenters. The molecule has 0 saturated carbocycles. The van der Waals surface area contributed by atoms with E-state index in [0.29, 0.717) is 0 Å². The molecule has 0 aromatic heterocycles. The molecule has 0 bridgehead atoms. The van der Waals surface area contributed by atoms with Crippen LogP contribution in [0.4, 0.5) is 4.39 Å². The third-order valence-electron chi connectivity index (χ3n) is 2.62.